The lowest BCUT2D eigenvalue weighted by Gasteiger charge is -2.05. The minimum Gasteiger partial charge on any atom is -0.417 e. The van der Waals surface area contributed by atoms with Crippen LogP contribution in [0.1, 0.15) is 27.7 Å². The van der Waals surface area contributed by atoms with Crippen LogP contribution in [0.3, 0.4) is 0 Å². The molecule has 0 bridgehead atoms. The summed E-state index contributed by atoms with van der Waals surface area (Å²) < 4.78 is 5.06. The molecule has 23 heavy (non-hydrogen) atoms. The molecule has 2 heterocycles. The lowest BCUT2D eigenvalue weighted by Crippen LogP contribution is -2.13. The molecule has 116 valence electrons. The van der Waals surface area contributed by atoms with E-state index in [0.29, 0.717) is 23.2 Å². The number of hydrogen-bond acceptors (Lipinski definition) is 5. The Kier molecular flexibility index (Phi) is 4.34. The van der Waals surface area contributed by atoms with Gasteiger partial charge in [-0.1, -0.05) is 29.8 Å². The van der Waals surface area contributed by atoms with Gasteiger partial charge in [0.25, 0.3) is 0 Å². The van der Waals surface area contributed by atoms with E-state index in [4.69, 9.17) is 16.0 Å². The standard InChI is InChI=1S/C16H13ClN4O2/c1-10-20-21-16(23-10)15(22)19-14-6-5-12(9-18-14)7-11-3-2-4-13(17)8-11/h2-6,8-9H,7H2,1H3,(H,18,19,22). The van der Waals surface area contributed by atoms with E-state index in [1.54, 1.807) is 19.2 Å². The highest BCUT2D eigenvalue weighted by molar-refractivity contribution is 6.30. The molecular formula is C16H13ClN4O2. The van der Waals surface area contributed by atoms with Crippen molar-refractivity contribution >= 4 is 23.3 Å². The average Bonchev–Trinajstić information content (AvgIpc) is 2.96. The van der Waals surface area contributed by atoms with E-state index in [1.807, 2.05) is 30.3 Å². The number of pyridine rings is 1. The zero-order chi connectivity index (χ0) is 16.2. The summed E-state index contributed by atoms with van der Waals surface area (Å²) in [6, 6.07) is 11.3. The van der Waals surface area contributed by atoms with Crippen molar-refractivity contribution in [3.8, 4) is 0 Å². The molecule has 6 nitrogen and oxygen atoms in total. The summed E-state index contributed by atoms with van der Waals surface area (Å²) in [7, 11) is 0. The van der Waals surface area contributed by atoms with Crippen LogP contribution in [-0.4, -0.2) is 21.1 Å². The van der Waals surface area contributed by atoms with Crippen LogP contribution in [0.5, 0.6) is 0 Å². The van der Waals surface area contributed by atoms with Gasteiger partial charge in [0.2, 0.25) is 5.89 Å². The molecule has 0 fully saturated rings. The zero-order valence-electron chi connectivity index (χ0n) is 12.3. The van der Waals surface area contributed by atoms with Gasteiger partial charge in [0, 0.05) is 18.1 Å². The fraction of sp³-hybridized carbons (Fsp3) is 0.125. The molecule has 0 atom stereocenters. The smallest absolute Gasteiger partial charge is 0.314 e. The van der Waals surface area contributed by atoms with Crippen molar-refractivity contribution in [3.63, 3.8) is 0 Å². The van der Waals surface area contributed by atoms with Crippen LogP contribution in [0.25, 0.3) is 0 Å². The third-order valence-electron chi connectivity index (χ3n) is 3.08. The normalized spacial score (nSPS) is 10.5. The van der Waals surface area contributed by atoms with Crippen molar-refractivity contribution < 1.29 is 9.21 Å². The Morgan fingerprint density at radius 2 is 2.09 bits per heavy atom. The molecule has 0 aliphatic heterocycles. The number of aromatic nitrogens is 3. The maximum Gasteiger partial charge on any atom is 0.314 e. The van der Waals surface area contributed by atoms with Crippen LogP contribution in [-0.2, 0) is 6.42 Å². The van der Waals surface area contributed by atoms with Crippen molar-refractivity contribution in [1.29, 1.82) is 0 Å². The number of halogens is 1. The molecule has 0 saturated carbocycles. The lowest BCUT2D eigenvalue weighted by atomic mass is 10.1. The van der Waals surface area contributed by atoms with E-state index in [1.165, 1.54) is 0 Å². The molecule has 1 aromatic carbocycles. The van der Waals surface area contributed by atoms with Gasteiger partial charge in [-0.25, -0.2) is 4.98 Å². The van der Waals surface area contributed by atoms with Crippen LogP contribution in [0.4, 0.5) is 5.82 Å². The first-order chi connectivity index (χ1) is 11.1. The Labute approximate surface area is 137 Å². The van der Waals surface area contributed by atoms with Gasteiger partial charge in [-0.3, -0.25) is 4.79 Å². The first-order valence-electron chi connectivity index (χ1n) is 6.91. The van der Waals surface area contributed by atoms with Crippen LogP contribution in [0, 0.1) is 6.92 Å². The second-order valence-corrected chi connectivity index (χ2v) is 5.38. The molecule has 3 rings (SSSR count). The van der Waals surface area contributed by atoms with E-state index in [9.17, 15) is 4.79 Å². The molecular weight excluding hydrogens is 316 g/mol. The molecule has 0 spiro atoms. The SMILES string of the molecule is Cc1nnc(C(=O)Nc2ccc(Cc3cccc(Cl)c3)cn2)o1. The Morgan fingerprint density at radius 1 is 1.22 bits per heavy atom. The molecule has 0 unspecified atom stereocenters. The number of nitrogens with one attached hydrogen (secondary N) is 1. The fourth-order valence-corrected chi connectivity index (χ4v) is 2.26. The number of carbonyl (C=O) groups is 1. The molecule has 0 saturated heterocycles. The van der Waals surface area contributed by atoms with E-state index in [-0.39, 0.29) is 5.89 Å². The number of benzene rings is 1. The van der Waals surface area contributed by atoms with Crippen molar-refractivity contribution in [2.45, 2.75) is 13.3 Å². The third kappa shape index (κ3) is 3.92. The molecule has 3 aromatic rings. The van der Waals surface area contributed by atoms with Gasteiger partial charge in [-0.15, -0.1) is 10.2 Å². The third-order valence-corrected chi connectivity index (χ3v) is 3.32. The highest BCUT2D eigenvalue weighted by atomic mass is 35.5. The maximum atomic E-state index is 11.9. The summed E-state index contributed by atoms with van der Waals surface area (Å²) in [6.07, 6.45) is 2.42. The van der Waals surface area contributed by atoms with E-state index in [2.05, 4.69) is 20.5 Å². The number of hydrogen-bond donors (Lipinski definition) is 1. The highest BCUT2D eigenvalue weighted by Crippen LogP contribution is 2.15. The quantitative estimate of drug-likeness (QED) is 0.795. The number of carbonyl (C=O) groups excluding carboxylic acids is 1. The second-order valence-electron chi connectivity index (χ2n) is 4.94. The summed E-state index contributed by atoms with van der Waals surface area (Å²) in [4.78, 5) is 16.1. The number of amides is 1. The number of rotatable bonds is 4. The molecule has 2 aromatic heterocycles. The molecule has 0 aliphatic carbocycles. The fourth-order valence-electron chi connectivity index (χ4n) is 2.04. The number of anilines is 1. The second kappa shape index (κ2) is 6.58. The largest absolute Gasteiger partial charge is 0.417 e. The predicted molar refractivity (Wildman–Crippen MR) is 85.5 cm³/mol. The topological polar surface area (TPSA) is 80.9 Å². The zero-order valence-corrected chi connectivity index (χ0v) is 13.0. The summed E-state index contributed by atoms with van der Waals surface area (Å²) in [5.41, 5.74) is 2.11. The first-order valence-corrected chi connectivity index (χ1v) is 7.29. The molecule has 0 radical (unpaired) electrons. The van der Waals surface area contributed by atoms with Gasteiger partial charge in [-0.05, 0) is 35.7 Å². The van der Waals surface area contributed by atoms with Crippen LogP contribution in [0.15, 0.2) is 47.0 Å². The molecule has 1 N–H and O–H groups in total. The van der Waals surface area contributed by atoms with E-state index in [0.717, 1.165) is 11.1 Å². The summed E-state index contributed by atoms with van der Waals surface area (Å²) in [5.74, 6) is 0.175. The lowest BCUT2D eigenvalue weighted by molar-refractivity contribution is 0.0988. The Bertz CT molecular complexity index is 830. The number of nitrogens with zero attached hydrogens (tertiary/aromatic N) is 3. The summed E-state index contributed by atoms with van der Waals surface area (Å²) >= 11 is 5.97. The van der Waals surface area contributed by atoms with Gasteiger partial charge in [0.1, 0.15) is 5.82 Å². The van der Waals surface area contributed by atoms with Gasteiger partial charge in [-0.2, -0.15) is 0 Å². The minimum atomic E-state index is -0.485. The maximum absolute atomic E-state index is 11.9. The van der Waals surface area contributed by atoms with Gasteiger partial charge < -0.3 is 9.73 Å². The summed E-state index contributed by atoms with van der Waals surface area (Å²) in [6.45, 7) is 1.62. The number of aryl methyl sites for hydroxylation is 1. The molecule has 1 amide bonds. The van der Waals surface area contributed by atoms with Crippen molar-refractivity contribution in [2.75, 3.05) is 5.32 Å². The van der Waals surface area contributed by atoms with Gasteiger partial charge >= 0.3 is 11.8 Å². The molecule has 7 heteroatoms. The van der Waals surface area contributed by atoms with Crippen molar-refractivity contribution in [3.05, 3.63) is 70.5 Å². The van der Waals surface area contributed by atoms with Gasteiger partial charge in [0.05, 0.1) is 0 Å². The van der Waals surface area contributed by atoms with Crippen molar-refractivity contribution in [1.82, 2.24) is 15.2 Å². The van der Waals surface area contributed by atoms with Crippen molar-refractivity contribution in [2.24, 2.45) is 0 Å². The van der Waals surface area contributed by atoms with E-state index < -0.39 is 5.91 Å². The summed E-state index contributed by atoms with van der Waals surface area (Å²) in [5, 5.41) is 10.6. The first kappa shape index (κ1) is 15.2. The Morgan fingerprint density at radius 3 is 2.74 bits per heavy atom. The van der Waals surface area contributed by atoms with Gasteiger partial charge in [0.15, 0.2) is 0 Å². The van der Waals surface area contributed by atoms with Crippen LogP contribution < -0.4 is 5.32 Å². The Balaban J connectivity index is 1.66. The van der Waals surface area contributed by atoms with Crippen LogP contribution in [0.2, 0.25) is 5.02 Å². The van der Waals surface area contributed by atoms with Crippen LogP contribution >= 0.6 is 11.6 Å². The monoisotopic (exact) mass is 328 g/mol. The minimum absolute atomic E-state index is 0.0905. The Hall–Kier alpha value is -2.73. The predicted octanol–water partition coefficient (Wildman–Crippen LogP) is 3.27. The average molecular weight is 329 g/mol. The molecule has 0 aliphatic rings. The highest BCUT2D eigenvalue weighted by Gasteiger charge is 2.13. The van der Waals surface area contributed by atoms with E-state index >= 15 is 0 Å².